The van der Waals surface area contributed by atoms with E-state index in [2.05, 4.69) is 0 Å². The lowest BCUT2D eigenvalue weighted by atomic mass is 9.97. The van der Waals surface area contributed by atoms with Crippen molar-refractivity contribution in [2.45, 2.75) is 12.6 Å². The first-order valence-electron chi connectivity index (χ1n) is 6.61. The van der Waals surface area contributed by atoms with Gasteiger partial charge in [-0.05, 0) is 6.92 Å². The number of rotatable bonds is 4. The molecule has 1 aromatic rings. The number of hydrogen-bond acceptors (Lipinski definition) is 4. The van der Waals surface area contributed by atoms with Crippen LogP contribution in [0.2, 0.25) is 0 Å². The molecular formula is C14H17N3O4. The standard InChI is InChI=1S/C14H17N3O4/c1-2-16-8-9-17(12(19)11(16)18)14(15,13(20)21)10-6-4-3-5-7-10/h3-7H,2,8-9,15H2,1H3,(H,20,21). The molecule has 0 aromatic heterocycles. The maximum absolute atomic E-state index is 12.2. The van der Waals surface area contributed by atoms with E-state index in [0.717, 1.165) is 4.90 Å². The van der Waals surface area contributed by atoms with Crippen LogP contribution >= 0.6 is 0 Å². The molecule has 0 spiro atoms. The SMILES string of the molecule is CCN1CCN(C(N)(C(=O)O)c2ccccc2)C(=O)C1=O. The van der Waals surface area contributed by atoms with E-state index in [0.29, 0.717) is 6.54 Å². The largest absolute Gasteiger partial charge is 0.478 e. The lowest BCUT2D eigenvalue weighted by Crippen LogP contribution is -2.67. The summed E-state index contributed by atoms with van der Waals surface area (Å²) in [6.07, 6.45) is 0. The van der Waals surface area contributed by atoms with Crippen LogP contribution in [0.15, 0.2) is 30.3 Å². The van der Waals surface area contributed by atoms with Crippen molar-refractivity contribution in [3.8, 4) is 0 Å². The summed E-state index contributed by atoms with van der Waals surface area (Å²) in [7, 11) is 0. The van der Waals surface area contributed by atoms with Gasteiger partial charge in [0.1, 0.15) is 0 Å². The van der Waals surface area contributed by atoms with Crippen LogP contribution in [0.4, 0.5) is 0 Å². The first-order chi connectivity index (χ1) is 9.92. The number of piperazine rings is 1. The molecule has 21 heavy (non-hydrogen) atoms. The van der Waals surface area contributed by atoms with E-state index in [-0.39, 0.29) is 18.7 Å². The van der Waals surface area contributed by atoms with Gasteiger partial charge in [-0.1, -0.05) is 30.3 Å². The molecule has 1 aliphatic heterocycles. The van der Waals surface area contributed by atoms with Gasteiger partial charge >= 0.3 is 17.8 Å². The highest BCUT2D eigenvalue weighted by Gasteiger charge is 2.49. The summed E-state index contributed by atoms with van der Waals surface area (Å²) < 4.78 is 0. The topological polar surface area (TPSA) is 104 Å². The Morgan fingerprint density at radius 2 is 1.86 bits per heavy atom. The third-order valence-corrected chi connectivity index (χ3v) is 3.66. The zero-order chi connectivity index (χ0) is 15.6. The molecule has 1 heterocycles. The lowest BCUT2D eigenvalue weighted by Gasteiger charge is -2.42. The molecule has 1 aromatic carbocycles. The van der Waals surface area contributed by atoms with Gasteiger partial charge in [-0.15, -0.1) is 0 Å². The zero-order valence-electron chi connectivity index (χ0n) is 11.7. The third-order valence-electron chi connectivity index (χ3n) is 3.66. The van der Waals surface area contributed by atoms with E-state index < -0.39 is 23.4 Å². The summed E-state index contributed by atoms with van der Waals surface area (Å²) in [5.41, 5.74) is 4.22. The van der Waals surface area contributed by atoms with Crippen LogP contribution in [-0.2, 0) is 20.0 Å². The Morgan fingerprint density at radius 1 is 1.24 bits per heavy atom. The Bertz CT molecular complexity index is 575. The molecule has 7 nitrogen and oxygen atoms in total. The number of carboxylic acid groups (broad SMARTS) is 1. The van der Waals surface area contributed by atoms with Crippen molar-refractivity contribution in [1.29, 1.82) is 0 Å². The molecule has 2 amide bonds. The van der Waals surface area contributed by atoms with E-state index in [4.69, 9.17) is 5.73 Å². The van der Waals surface area contributed by atoms with Crippen LogP contribution in [0.5, 0.6) is 0 Å². The molecule has 1 unspecified atom stereocenters. The molecule has 1 aliphatic rings. The fraction of sp³-hybridized carbons (Fsp3) is 0.357. The number of carboxylic acids is 1. The Kier molecular flexibility index (Phi) is 3.95. The van der Waals surface area contributed by atoms with Crippen LogP contribution in [-0.4, -0.2) is 52.3 Å². The zero-order valence-corrected chi connectivity index (χ0v) is 11.7. The van der Waals surface area contributed by atoms with Crippen molar-refractivity contribution in [2.24, 2.45) is 5.73 Å². The van der Waals surface area contributed by atoms with Gasteiger partial charge < -0.3 is 14.9 Å². The number of benzene rings is 1. The van der Waals surface area contributed by atoms with Gasteiger partial charge in [0.2, 0.25) is 5.66 Å². The van der Waals surface area contributed by atoms with E-state index in [9.17, 15) is 19.5 Å². The van der Waals surface area contributed by atoms with E-state index in [1.165, 1.54) is 17.0 Å². The number of carbonyl (C=O) groups excluding carboxylic acids is 2. The van der Waals surface area contributed by atoms with Gasteiger partial charge in [0, 0.05) is 25.2 Å². The highest BCUT2D eigenvalue weighted by Crippen LogP contribution is 2.25. The van der Waals surface area contributed by atoms with Crippen LogP contribution in [0.1, 0.15) is 12.5 Å². The number of aliphatic carboxylic acids is 1. The van der Waals surface area contributed by atoms with E-state index in [1.807, 2.05) is 0 Å². The van der Waals surface area contributed by atoms with Crippen LogP contribution in [0.3, 0.4) is 0 Å². The molecule has 2 rings (SSSR count). The minimum absolute atomic E-state index is 0.0795. The first-order valence-corrected chi connectivity index (χ1v) is 6.61. The molecule has 0 radical (unpaired) electrons. The summed E-state index contributed by atoms with van der Waals surface area (Å²) in [5.74, 6) is -2.99. The second-order valence-electron chi connectivity index (χ2n) is 4.78. The fourth-order valence-electron chi connectivity index (χ4n) is 2.40. The Morgan fingerprint density at radius 3 is 2.38 bits per heavy atom. The molecule has 7 heteroatoms. The van der Waals surface area contributed by atoms with Crippen molar-refractivity contribution in [1.82, 2.24) is 9.80 Å². The summed E-state index contributed by atoms with van der Waals surface area (Å²) in [6.45, 7) is 2.50. The predicted octanol–water partition coefficient (Wildman–Crippen LogP) is -0.427. The van der Waals surface area contributed by atoms with Gasteiger partial charge in [0.05, 0.1) is 0 Å². The monoisotopic (exact) mass is 291 g/mol. The van der Waals surface area contributed by atoms with Crippen molar-refractivity contribution in [3.05, 3.63) is 35.9 Å². The highest BCUT2D eigenvalue weighted by molar-refractivity contribution is 6.36. The second kappa shape index (κ2) is 5.53. The maximum atomic E-state index is 12.2. The lowest BCUT2D eigenvalue weighted by molar-refractivity contribution is -0.169. The molecule has 0 aliphatic carbocycles. The first kappa shape index (κ1) is 15.0. The normalized spacial score (nSPS) is 18.6. The highest BCUT2D eigenvalue weighted by atomic mass is 16.4. The predicted molar refractivity (Wildman–Crippen MR) is 73.9 cm³/mol. The van der Waals surface area contributed by atoms with Crippen LogP contribution in [0, 0.1) is 0 Å². The molecular weight excluding hydrogens is 274 g/mol. The molecule has 1 atom stereocenters. The quantitative estimate of drug-likeness (QED) is 0.733. The minimum atomic E-state index is -2.05. The smallest absolute Gasteiger partial charge is 0.349 e. The Balaban J connectivity index is 2.43. The van der Waals surface area contributed by atoms with Crippen LogP contribution in [0.25, 0.3) is 0 Å². The van der Waals surface area contributed by atoms with Crippen molar-refractivity contribution in [3.63, 3.8) is 0 Å². The van der Waals surface area contributed by atoms with Gasteiger partial charge in [0.15, 0.2) is 0 Å². The van der Waals surface area contributed by atoms with Crippen LogP contribution < -0.4 is 5.73 Å². The average molecular weight is 291 g/mol. The van der Waals surface area contributed by atoms with Gasteiger partial charge in [0.25, 0.3) is 0 Å². The van der Waals surface area contributed by atoms with E-state index in [1.54, 1.807) is 25.1 Å². The van der Waals surface area contributed by atoms with Crippen molar-refractivity contribution < 1.29 is 19.5 Å². The number of amides is 2. The van der Waals surface area contributed by atoms with E-state index >= 15 is 0 Å². The number of likely N-dealkylation sites (N-methyl/N-ethyl adjacent to an activating group) is 1. The summed E-state index contributed by atoms with van der Waals surface area (Å²) in [6, 6.07) is 8.03. The Hall–Kier alpha value is -2.41. The number of hydrogen-bond donors (Lipinski definition) is 2. The summed E-state index contributed by atoms with van der Waals surface area (Å²) >= 11 is 0. The number of nitrogens with zero attached hydrogens (tertiary/aromatic N) is 2. The summed E-state index contributed by atoms with van der Waals surface area (Å²) in [5, 5.41) is 9.52. The third kappa shape index (κ3) is 2.36. The molecule has 1 fully saturated rings. The van der Waals surface area contributed by atoms with Gasteiger partial charge in [-0.3, -0.25) is 15.3 Å². The molecule has 112 valence electrons. The fourth-order valence-corrected chi connectivity index (χ4v) is 2.40. The van der Waals surface area contributed by atoms with Gasteiger partial charge in [-0.25, -0.2) is 4.79 Å². The summed E-state index contributed by atoms with van der Waals surface area (Å²) in [4.78, 5) is 38.1. The van der Waals surface area contributed by atoms with Gasteiger partial charge in [-0.2, -0.15) is 0 Å². The van der Waals surface area contributed by atoms with Crippen molar-refractivity contribution >= 4 is 17.8 Å². The Labute approximate surface area is 121 Å². The molecule has 0 saturated carbocycles. The number of carbonyl (C=O) groups is 3. The number of nitrogens with two attached hydrogens (primary N) is 1. The molecule has 3 N–H and O–H groups in total. The minimum Gasteiger partial charge on any atom is -0.478 e. The molecule has 0 bridgehead atoms. The maximum Gasteiger partial charge on any atom is 0.349 e. The average Bonchev–Trinajstić information content (AvgIpc) is 2.50. The van der Waals surface area contributed by atoms with Crippen molar-refractivity contribution in [2.75, 3.05) is 19.6 Å². The second-order valence-corrected chi connectivity index (χ2v) is 4.78. The molecule has 1 saturated heterocycles.